The van der Waals surface area contributed by atoms with Crippen molar-refractivity contribution in [1.82, 2.24) is 9.13 Å². The van der Waals surface area contributed by atoms with Crippen molar-refractivity contribution in [2.75, 3.05) is 9.80 Å². The van der Waals surface area contributed by atoms with Crippen LogP contribution in [0, 0.1) is 0 Å². The quantitative estimate of drug-likeness (QED) is 0.143. The minimum absolute atomic E-state index is 0.0689. The molecule has 0 unspecified atom stereocenters. The lowest BCUT2D eigenvalue weighted by Crippen LogP contribution is -2.14. The van der Waals surface area contributed by atoms with E-state index in [1.807, 2.05) is 123 Å². The molecule has 0 amide bonds. The van der Waals surface area contributed by atoms with E-state index in [2.05, 4.69) is 128 Å². The number of pyridine rings is 2. The van der Waals surface area contributed by atoms with E-state index in [9.17, 15) is 9.59 Å². The van der Waals surface area contributed by atoms with Gasteiger partial charge < -0.3 is 18.9 Å². The standard InChI is InChI=1S/C58H42N4O2/c1-59-53-37-52-54(60(2)56-48(26-16-28-50(56)58(52)64)40-31-35-46(36-32-40)62(43-21-11-5-12-22-43)44-23-13-6-14-24-44)38-51(53)57(63)49-27-15-25-47(55(49)59)39-29-33-45(34-30-39)61(41-17-7-3-8-18-41)42-19-9-4-10-20-42/h3-38H,1-2H3. The predicted octanol–water partition coefficient (Wildman–Crippen LogP) is 14.0. The number of hydrogen-bond donors (Lipinski definition) is 0. The van der Waals surface area contributed by atoms with E-state index in [0.29, 0.717) is 32.6 Å². The van der Waals surface area contributed by atoms with Crippen molar-refractivity contribution in [3.63, 3.8) is 0 Å². The fraction of sp³-hybridized carbons (Fsp3) is 0.0345. The summed E-state index contributed by atoms with van der Waals surface area (Å²) in [4.78, 5) is 33.8. The number of nitrogens with zero attached hydrogens (tertiary/aromatic N) is 4. The lowest BCUT2D eigenvalue weighted by molar-refractivity contribution is 0.994. The molecule has 11 rings (SSSR count). The molecular formula is C58H42N4O2. The van der Waals surface area contributed by atoms with Crippen molar-refractivity contribution in [3.05, 3.63) is 239 Å². The molecule has 0 saturated heterocycles. The summed E-state index contributed by atoms with van der Waals surface area (Å²) in [5.74, 6) is 0. The van der Waals surface area contributed by atoms with Crippen LogP contribution < -0.4 is 20.7 Å². The van der Waals surface area contributed by atoms with Crippen molar-refractivity contribution in [2.45, 2.75) is 0 Å². The number of benzene rings is 9. The van der Waals surface area contributed by atoms with Crippen LogP contribution in [0.2, 0.25) is 0 Å². The third-order valence-corrected chi connectivity index (χ3v) is 12.5. The Labute approximate surface area is 370 Å². The monoisotopic (exact) mass is 826 g/mol. The van der Waals surface area contributed by atoms with E-state index in [0.717, 1.165) is 67.4 Å². The molecule has 2 heterocycles. The van der Waals surface area contributed by atoms with Crippen LogP contribution >= 0.6 is 0 Å². The maximum Gasteiger partial charge on any atom is 0.197 e. The van der Waals surface area contributed by atoms with E-state index in [4.69, 9.17) is 0 Å². The topological polar surface area (TPSA) is 50.5 Å². The maximum atomic E-state index is 14.7. The van der Waals surface area contributed by atoms with Gasteiger partial charge in [-0.1, -0.05) is 121 Å². The highest BCUT2D eigenvalue weighted by molar-refractivity contribution is 6.08. The van der Waals surface area contributed by atoms with Gasteiger partial charge in [0, 0.05) is 80.9 Å². The first-order valence-electron chi connectivity index (χ1n) is 21.5. The third-order valence-electron chi connectivity index (χ3n) is 12.5. The van der Waals surface area contributed by atoms with Gasteiger partial charge in [0.2, 0.25) is 0 Å². The Balaban J connectivity index is 1.02. The molecule has 0 spiro atoms. The van der Waals surface area contributed by atoms with Gasteiger partial charge in [0.25, 0.3) is 0 Å². The van der Waals surface area contributed by atoms with Crippen molar-refractivity contribution in [1.29, 1.82) is 0 Å². The van der Waals surface area contributed by atoms with Gasteiger partial charge in [-0.2, -0.15) is 0 Å². The van der Waals surface area contributed by atoms with Gasteiger partial charge in [-0.3, -0.25) is 9.59 Å². The highest BCUT2D eigenvalue weighted by atomic mass is 16.1. The largest absolute Gasteiger partial charge is 0.343 e. The number of fused-ring (bicyclic) bond motifs is 4. The van der Waals surface area contributed by atoms with Gasteiger partial charge in [0.15, 0.2) is 10.9 Å². The third kappa shape index (κ3) is 6.43. The van der Waals surface area contributed by atoms with Crippen LogP contribution in [0.1, 0.15) is 0 Å². The maximum absolute atomic E-state index is 14.7. The highest BCUT2D eigenvalue weighted by Crippen LogP contribution is 2.39. The van der Waals surface area contributed by atoms with Gasteiger partial charge >= 0.3 is 0 Å². The molecule has 0 atom stereocenters. The zero-order valence-corrected chi connectivity index (χ0v) is 35.4. The van der Waals surface area contributed by atoms with E-state index >= 15 is 0 Å². The fourth-order valence-electron chi connectivity index (χ4n) is 9.45. The summed E-state index contributed by atoms with van der Waals surface area (Å²) < 4.78 is 4.15. The molecule has 64 heavy (non-hydrogen) atoms. The molecule has 6 heteroatoms. The molecule has 9 aromatic carbocycles. The lowest BCUT2D eigenvalue weighted by Gasteiger charge is -2.25. The normalized spacial score (nSPS) is 11.4. The van der Waals surface area contributed by atoms with E-state index < -0.39 is 0 Å². The fourth-order valence-corrected chi connectivity index (χ4v) is 9.45. The Bertz CT molecular complexity index is 3320. The minimum Gasteiger partial charge on any atom is -0.343 e. The van der Waals surface area contributed by atoms with Gasteiger partial charge in [0.05, 0.1) is 22.1 Å². The number of aryl methyl sites for hydroxylation is 2. The van der Waals surface area contributed by atoms with Crippen LogP contribution in [0.15, 0.2) is 228 Å². The second kappa shape index (κ2) is 15.8. The Kier molecular flexibility index (Phi) is 9.47. The van der Waals surface area contributed by atoms with Crippen LogP contribution in [0.3, 0.4) is 0 Å². The molecule has 11 aromatic rings. The molecule has 0 fully saturated rings. The van der Waals surface area contributed by atoms with E-state index in [1.165, 1.54) is 0 Å². The Hall–Kier alpha value is -8.48. The highest BCUT2D eigenvalue weighted by Gasteiger charge is 2.20. The molecular weight excluding hydrogens is 785 g/mol. The van der Waals surface area contributed by atoms with Crippen molar-refractivity contribution < 1.29 is 0 Å². The zero-order valence-electron chi connectivity index (χ0n) is 35.4. The van der Waals surface area contributed by atoms with E-state index in [1.54, 1.807) is 0 Å². The Morgan fingerprint density at radius 3 is 0.922 bits per heavy atom. The van der Waals surface area contributed by atoms with Crippen molar-refractivity contribution in [3.8, 4) is 22.3 Å². The summed E-state index contributed by atoms with van der Waals surface area (Å²) in [6, 6.07) is 74.0. The molecule has 0 radical (unpaired) electrons. The summed E-state index contributed by atoms with van der Waals surface area (Å²) in [7, 11) is 3.98. The average molecular weight is 827 g/mol. The molecule has 0 aliphatic carbocycles. The molecule has 0 bridgehead atoms. The molecule has 0 aliphatic heterocycles. The van der Waals surface area contributed by atoms with Gasteiger partial charge in [-0.25, -0.2) is 0 Å². The summed E-state index contributed by atoms with van der Waals surface area (Å²) >= 11 is 0. The SMILES string of the molecule is Cn1c2cc3c(=O)c4cccc(-c5ccc(N(c6ccccc6)c6ccccc6)cc5)c4n(C)c3cc2c(=O)c2cccc(-c3ccc(N(c4ccccc4)c4ccccc4)cc3)c21. The Morgan fingerprint density at radius 2 is 0.609 bits per heavy atom. The number of rotatable bonds is 8. The number of hydrogen-bond acceptors (Lipinski definition) is 4. The first-order valence-corrected chi connectivity index (χ1v) is 21.5. The van der Waals surface area contributed by atoms with Gasteiger partial charge in [0.1, 0.15) is 0 Å². The predicted molar refractivity (Wildman–Crippen MR) is 267 cm³/mol. The van der Waals surface area contributed by atoms with Crippen LogP contribution in [-0.4, -0.2) is 9.13 Å². The average Bonchev–Trinajstić information content (AvgIpc) is 3.36. The number of para-hydroxylation sites is 6. The van der Waals surface area contributed by atoms with Crippen molar-refractivity contribution >= 4 is 77.7 Å². The number of aromatic nitrogens is 2. The van der Waals surface area contributed by atoms with Gasteiger partial charge in [-0.15, -0.1) is 0 Å². The molecule has 6 nitrogen and oxygen atoms in total. The van der Waals surface area contributed by atoms with Crippen LogP contribution in [-0.2, 0) is 14.1 Å². The molecule has 0 N–H and O–H groups in total. The zero-order chi connectivity index (χ0) is 43.3. The summed E-state index contributed by atoms with van der Waals surface area (Å²) in [6.07, 6.45) is 0. The summed E-state index contributed by atoms with van der Waals surface area (Å²) in [5, 5.41) is 2.37. The second-order valence-electron chi connectivity index (χ2n) is 16.2. The summed E-state index contributed by atoms with van der Waals surface area (Å²) in [6.45, 7) is 0. The number of anilines is 6. The van der Waals surface area contributed by atoms with Crippen LogP contribution in [0.25, 0.3) is 65.9 Å². The smallest absolute Gasteiger partial charge is 0.197 e. The van der Waals surface area contributed by atoms with Crippen LogP contribution in [0.4, 0.5) is 34.1 Å². The molecule has 0 saturated carbocycles. The molecule has 0 aliphatic rings. The Morgan fingerprint density at radius 1 is 0.312 bits per heavy atom. The molecule has 2 aromatic heterocycles. The second-order valence-corrected chi connectivity index (χ2v) is 16.2. The van der Waals surface area contributed by atoms with E-state index in [-0.39, 0.29) is 10.9 Å². The lowest BCUT2D eigenvalue weighted by atomic mass is 9.97. The molecule has 306 valence electrons. The van der Waals surface area contributed by atoms with Crippen LogP contribution in [0.5, 0.6) is 0 Å². The first kappa shape index (κ1) is 38.4. The minimum atomic E-state index is -0.0689. The summed E-state index contributed by atoms with van der Waals surface area (Å²) in [5.41, 5.74) is 13.0. The van der Waals surface area contributed by atoms with Gasteiger partial charge in [-0.05, 0) is 108 Å². The van der Waals surface area contributed by atoms with Crippen molar-refractivity contribution in [2.24, 2.45) is 14.1 Å². The first-order chi connectivity index (χ1) is 31.4.